The molecule has 3 heteroatoms. The molecule has 106 valence electrons. The lowest BCUT2D eigenvalue weighted by Gasteiger charge is -2.23. The van der Waals surface area contributed by atoms with E-state index in [1.54, 1.807) is 0 Å². The molecule has 0 spiro atoms. The zero-order valence-corrected chi connectivity index (χ0v) is 11.9. The molecule has 0 heterocycles. The van der Waals surface area contributed by atoms with Gasteiger partial charge in [0.2, 0.25) is 0 Å². The number of rotatable bonds is 2. The summed E-state index contributed by atoms with van der Waals surface area (Å²) in [7, 11) is 0. The van der Waals surface area contributed by atoms with Crippen molar-refractivity contribution in [1.29, 1.82) is 0 Å². The molecule has 20 heavy (non-hydrogen) atoms. The van der Waals surface area contributed by atoms with Crippen LogP contribution in [-0.2, 0) is 0 Å². The Morgan fingerprint density at radius 2 is 2.10 bits per heavy atom. The molecule has 0 atom stereocenters. The minimum Gasteiger partial charge on any atom is -0.384 e. The average molecular weight is 271 g/mol. The van der Waals surface area contributed by atoms with Crippen LogP contribution in [0.1, 0.15) is 53.6 Å². The van der Waals surface area contributed by atoms with Gasteiger partial charge in [0.25, 0.3) is 5.91 Å². The Labute approximate surface area is 120 Å². The zero-order chi connectivity index (χ0) is 14.4. The van der Waals surface area contributed by atoms with Gasteiger partial charge in [-0.05, 0) is 37.5 Å². The molecule has 1 aliphatic rings. The van der Waals surface area contributed by atoms with Crippen LogP contribution in [0.15, 0.2) is 18.2 Å². The molecule has 1 fully saturated rings. The molecule has 0 bridgehead atoms. The highest BCUT2D eigenvalue weighted by Gasteiger charge is 2.18. The Balaban J connectivity index is 2.15. The van der Waals surface area contributed by atoms with E-state index in [1.165, 1.54) is 19.3 Å². The summed E-state index contributed by atoms with van der Waals surface area (Å²) in [6, 6.07) is 5.91. The van der Waals surface area contributed by atoms with Crippen molar-refractivity contribution in [3.05, 3.63) is 34.9 Å². The normalized spacial score (nSPS) is 15.3. The zero-order valence-electron chi connectivity index (χ0n) is 11.9. The molecule has 1 aromatic carbocycles. The number of aliphatic hydroxyl groups excluding tert-OH is 1. The summed E-state index contributed by atoms with van der Waals surface area (Å²) in [5.41, 5.74) is 2.34. The van der Waals surface area contributed by atoms with Crippen LogP contribution >= 0.6 is 0 Å². The second-order valence-electron chi connectivity index (χ2n) is 5.32. The van der Waals surface area contributed by atoms with Crippen molar-refractivity contribution >= 4 is 5.91 Å². The van der Waals surface area contributed by atoms with Gasteiger partial charge in [0.15, 0.2) is 0 Å². The summed E-state index contributed by atoms with van der Waals surface area (Å²) < 4.78 is 0. The molecular formula is C17H21NO2. The fourth-order valence-corrected chi connectivity index (χ4v) is 2.60. The van der Waals surface area contributed by atoms with Crippen molar-refractivity contribution in [3.8, 4) is 11.8 Å². The van der Waals surface area contributed by atoms with E-state index >= 15 is 0 Å². The van der Waals surface area contributed by atoms with E-state index in [2.05, 4.69) is 17.2 Å². The third-order valence-electron chi connectivity index (χ3n) is 3.66. The smallest absolute Gasteiger partial charge is 0.252 e. The molecule has 1 aromatic rings. The second-order valence-corrected chi connectivity index (χ2v) is 5.32. The van der Waals surface area contributed by atoms with Crippen molar-refractivity contribution < 1.29 is 9.90 Å². The van der Waals surface area contributed by atoms with Gasteiger partial charge in [0, 0.05) is 11.6 Å². The SMILES string of the molecule is Cc1ccc(C(=O)NC2CCCCC2)c(C#CCO)c1. The number of nitrogens with one attached hydrogen (secondary N) is 1. The highest BCUT2D eigenvalue weighted by molar-refractivity contribution is 5.97. The first-order chi connectivity index (χ1) is 9.70. The molecular weight excluding hydrogens is 250 g/mol. The minimum absolute atomic E-state index is 0.0564. The van der Waals surface area contributed by atoms with E-state index in [9.17, 15) is 4.79 Å². The number of aliphatic hydroxyl groups is 1. The number of hydrogen-bond acceptors (Lipinski definition) is 2. The summed E-state index contributed by atoms with van der Waals surface area (Å²) in [5.74, 6) is 5.42. The third-order valence-corrected chi connectivity index (χ3v) is 3.66. The number of aryl methyl sites for hydroxylation is 1. The molecule has 0 saturated heterocycles. The maximum atomic E-state index is 12.4. The minimum atomic E-state index is -0.197. The molecule has 2 rings (SSSR count). The number of carbonyl (C=O) groups is 1. The maximum Gasteiger partial charge on any atom is 0.252 e. The first-order valence-corrected chi connectivity index (χ1v) is 7.22. The Hall–Kier alpha value is -1.79. The predicted molar refractivity (Wildman–Crippen MR) is 79.5 cm³/mol. The van der Waals surface area contributed by atoms with Crippen molar-refractivity contribution in [2.45, 2.75) is 45.1 Å². The summed E-state index contributed by atoms with van der Waals surface area (Å²) in [6.45, 7) is 1.77. The molecule has 1 aliphatic carbocycles. The van der Waals surface area contributed by atoms with E-state index in [-0.39, 0.29) is 18.6 Å². The summed E-state index contributed by atoms with van der Waals surface area (Å²) >= 11 is 0. The van der Waals surface area contributed by atoms with Crippen molar-refractivity contribution in [2.75, 3.05) is 6.61 Å². The molecule has 0 unspecified atom stereocenters. The fraction of sp³-hybridized carbons (Fsp3) is 0.471. The van der Waals surface area contributed by atoms with Gasteiger partial charge >= 0.3 is 0 Å². The third kappa shape index (κ3) is 3.85. The molecule has 0 aromatic heterocycles. The van der Waals surface area contributed by atoms with E-state index in [0.717, 1.165) is 18.4 Å². The largest absolute Gasteiger partial charge is 0.384 e. The van der Waals surface area contributed by atoms with Crippen LogP contribution in [0.25, 0.3) is 0 Å². The molecule has 2 N–H and O–H groups in total. The Bertz CT molecular complexity index is 534. The van der Waals surface area contributed by atoms with E-state index in [0.29, 0.717) is 11.1 Å². The quantitative estimate of drug-likeness (QED) is 0.812. The van der Waals surface area contributed by atoms with Crippen LogP contribution < -0.4 is 5.32 Å². The van der Waals surface area contributed by atoms with E-state index in [4.69, 9.17) is 5.11 Å². The van der Waals surface area contributed by atoms with Gasteiger partial charge in [0.1, 0.15) is 6.61 Å². The number of hydrogen-bond donors (Lipinski definition) is 2. The van der Waals surface area contributed by atoms with Gasteiger partial charge < -0.3 is 10.4 Å². The standard InChI is InChI=1S/C17H21NO2/c1-13-9-10-16(14(12-13)6-5-11-19)17(20)18-15-7-3-2-4-8-15/h9-10,12,15,19H,2-4,7-8,11H2,1H3,(H,18,20). The van der Waals surface area contributed by atoms with Crippen molar-refractivity contribution in [1.82, 2.24) is 5.32 Å². The van der Waals surface area contributed by atoms with Crippen LogP contribution in [0.3, 0.4) is 0 Å². The van der Waals surface area contributed by atoms with Crippen molar-refractivity contribution in [3.63, 3.8) is 0 Å². The summed E-state index contributed by atoms with van der Waals surface area (Å²) in [4.78, 5) is 12.4. The highest BCUT2D eigenvalue weighted by Crippen LogP contribution is 2.18. The van der Waals surface area contributed by atoms with Gasteiger partial charge in [-0.15, -0.1) is 0 Å². The molecule has 3 nitrogen and oxygen atoms in total. The van der Waals surface area contributed by atoms with Gasteiger partial charge in [-0.25, -0.2) is 0 Å². The van der Waals surface area contributed by atoms with Crippen LogP contribution in [0.2, 0.25) is 0 Å². The van der Waals surface area contributed by atoms with Gasteiger partial charge in [0.05, 0.1) is 5.56 Å². The lowest BCUT2D eigenvalue weighted by Crippen LogP contribution is -2.36. The van der Waals surface area contributed by atoms with Gasteiger partial charge in [-0.3, -0.25) is 4.79 Å². The fourth-order valence-electron chi connectivity index (χ4n) is 2.60. The second kappa shape index (κ2) is 7.12. The number of amides is 1. The maximum absolute atomic E-state index is 12.4. The Morgan fingerprint density at radius 3 is 2.80 bits per heavy atom. The lowest BCUT2D eigenvalue weighted by molar-refractivity contribution is 0.0927. The molecule has 0 aliphatic heterocycles. The van der Waals surface area contributed by atoms with Crippen LogP contribution in [-0.4, -0.2) is 23.7 Å². The molecule has 0 radical (unpaired) electrons. The lowest BCUT2D eigenvalue weighted by atomic mass is 9.95. The van der Waals surface area contributed by atoms with Gasteiger partial charge in [-0.2, -0.15) is 0 Å². The van der Waals surface area contributed by atoms with E-state index < -0.39 is 0 Å². The Kier molecular flexibility index (Phi) is 5.20. The van der Waals surface area contributed by atoms with E-state index in [1.807, 2.05) is 25.1 Å². The average Bonchev–Trinajstić information content (AvgIpc) is 2.46. The van der Waals surface area contributed by atoms with Gasteiger partial charge in [-0.1, -0.05) is 37.2 Å². The highest BCUT2D eigenvalue weighted by atomic mass is 16.2. The van der Waals surface area contributed by atoms with Crippen LogP contribution in [0.5, 0.6) is 0 Å². The van der Waals surface area contributed by atoms with Crippen molar-refractivity contribution in [2.24, 2.45) is 0 Å². The monoisotopic (exact) mass is 271 g/mol. The first kappa shape index (κ1) is 14.6. The first-order valence-electron chi connectivity index (χ1n) is 7.22. The molecule has 1 saturated carbocycles. The number of carbonyl (C=O) groups excluding carboxylic acids is 1. The Morgan fingerprint density at radius 1 is 1.35 bits per heavy atom. The topological polar surface area (TPSA) is 49.3 Å². The van der Waals surface area contributed by atoms with Crippen LogP contribution in [0.4, 0.5) is 0 Å². The summed E-state index contributed by atoms with van der Waals surface area (Å²) in [6.07, 6.45) is 5.78. The molecule has 1 amide bonds. The number of benzene rings is 1. The predicted octanol–water partition coefficient (Wildman–Crippen LogP) is 2.40. The summed E-state index contributed by atoms with van der Waals surface area (Å²) in [5, 5.41) is 11.9. The van der Waals surface area contributed by atoms with Crippen LogP contribution in [0, 0.1) is 18.8 Å².